The van der Waals surface area contributed by atoms with Crippen molar-refractivity contribution in [2.24, 2.45) is 11.3 Å². The van der Waals surface area contributed by atoms with Crippen LogP contribution in [0.15, 0.2) is 0 Å². The van der Waals surface area contributed by atoms with E-state index in [1.807, 2.05) is 27.7 Å². The van der Waals surface area contributed by atoms with Crippen LogP contribution in [-0.2, 0) is 9.53 Å². The van der Waals surface area contributed by atoms with E-state index in [2.05, 4.69) is 6.07 Å². The number of nitrogens with zero attached hydrogens (tertiary/aromatic N) is 1. The predicted molar refractivity (Wildman–Crippen MR) is 66.1 cm³/mol. The molecule has 1 rings (SSSR count). The highest BCUT2D eigenvalue weighted by Gasteiger charge is 2.43. The molecule has 2 atom stereocenters. The Labute approximate surface area is 104 Å². The zero-order valence-corrected chi connectivity index (χ0v) is 11.4. The molecule has 96 valence electrons. The smallest absolute Gasteiger partial charge is 0.312 e. The van der Waals surface area contributed by atoms with Gasteiger partial charge in [-0.1, -0.05) is 13.8 Å². The van der Waals surface area contributed by atoms with Crippen LogP contribution < -0.4 is 0 Å². The van der Waals surface area contributed by atoms with E-state index < -0.39 is 5.41 Å². The molecule has 0 amide bonds. The first-order valence-electron chi connectivity index (χ1n) is 6.52. The summed E-state index contributed by atoms with van der Waals surface area (Å²) in [6.45, 7) is 7.85. The lowest BCUT2D eigenvalue weighted by atomic mass is 9.89. The van der Waals surface area contributed by atoms with Crippen molar-refractivity contribution in [3.63, 3.8) is 0 Å². The summed E-state index contributed by atoms with van der Waals surface area (Å²) in [5.74, 6) is -0.0760. The topological polar surface area (TPSA) is 50.1 Å². The van der Waals surface area contributed by atoms with Gasteiger partial charge in [-0.15, -0.1) is 0 Å². The number of carbonyl (C=O) groups excluding carboxylic acids is 1. The normalized spacial score (nSPS) is 28.8. The third-order valence-electron chi connectivity index (χ3n) is 4.14. The average molecular weight is 237 g/mol. The number of rotatable bonds is 4. The summed E-state index contributed by atoms with van der Waals surface area (Å²) in [4.78, 5) is 12.1. The van der Waals surface area contributed by atoms with E-state index >= 15 is 0 Å². The van der Waals surface area contributed by atoms with Crippen LogP contribution in [0.5, 0.6) is 0 Å². The van der Waals surface area contributed by atoms with Crippen molar-refractivity contribution in [3.8, 4) is 6.07 Å². The summed E-state index contributed by atoms with van der Waals surface area (Å²) in [6.07, 6.45) is 3.95. The number of hydrogen-bond acceptors (Lipinski definition) is 3. The zero-order valence-electron chi connectivity index (χ0n) is 11.4. The quantitative estimate of drug-likeness (QED) is 0.704. The van der Waals surface area contributed by atoms with Gasteiger partial charge in [-0.2, -0.15) is 5.26 Å². The number of carbonyl (C=O) groups is 1. The Kier molecular flexibility index (Phi) is 4.19. The van der Waals surface area contributed by atoms with E-state index in [-0.39, 0.29) is 17.5 Å². The van der Waals surface area contributed by atoms with Gasteiger partial charge < -0.3 is 4.74 Å². The van der Waals surface area contributed by atoms with Gasteiger partial charge in [0, 0.05) is 6.42 Å². The minimum Gasteiger partial charge on any atom is -0.459 e. The molecule has 0 saturated heterocycles. The standard InChI is InChI=1S/C14H23NO2/c1-5-13(3,4)12(16)17-14(6-2)8-7-11(9-14)10-15/h11H,5-9H2,1-4H3. The summed E-state index contributed by atoms with van der Waals surface area (Å²) >= 11 is 0. The van der Waals surface area contributed by atoms with Crippen LogP contribution in [0, 0.1) is 22.7 Å². The summed E-state index contributed by atoms with van der Waals surface area (Å²) in [5.41, 5.74) is -0.809. The Morgan fingerprint density at radius 1 is 1.53 bits per heavy atom. The van der Waals surface area contributed by atoms with Crippen LogP contribution in [0.1, 0.15) is 59.8 Å². The van der Waals surface area contributed by atoms with Crippen LogP contribution in [-0.4, -0.2) is 11.6 Å². The largest absolute Gasteiger partial charge is 0.459 e. The minimum absolute atomic E-state index is 0.0486. The average Bonchev–Trinajstić information content (AvgIpc) is 2.73. The Morgan fingerprint density at radius 2 is 2.18 bits per heavy atom. The molecule has 1 saturated carbocycles. The van der Waals surface area contributed by atoms with Crippen molar-refractivity contribution in [2.75, 3.05) is 0 Å². The highest BCUT2D eigenvalue weighted by Crippen LogP contribution is 2.41. The molecule has 1 fully saturated rings. The summed E-state index contributed by atoms with van der Waals surface area (Å²) < 4.78 is 5.75. The Morgan fingerprint density at radius 3 is 2.59 bits per heavy atom. The molecule has 0 aromatic carbocycles. The van der Waals surface area contributed by atoms with Crippen LogP contribution >= 0.6 is 0 Å². The van der Waals surface area contributed by atoms with Gasteiger partial charge in [-0.25, -0.2) is 0 Å². The molecule has 0 heterocycles. The molecule has 0 N–H and O–H groups in total. The highest BCUT2D eigenvalue weighted by molar-refractivity contribution is 5.76. The Hall–Kier alpha value is -1.04. The third kappa shape index (κ3) is 3.00. The number of esters is 1. The molecule has 1 aliphatic rings. The molecule has 3 heteroatoms. The van der Waals surface area contributed by atoms with Gasteiger partial charge in [-0.05, 0) is 39.5 Å². The van der Waals surface area contributed by atoms with Crippen LogP contribution in [0.2, 0.25) is 0 Å². The fourth-order valence-corrected chi connectivity index (χ4v) is 2.17. The van der Waals surface area contributed by atoms with E-state index in [9.17, 15) is 4.79 Å². The number of hydrogen-bond donors (Lipinski definition) is 0. The van der Waals surface area contributed by atoms with Crippen molar-refractivity contribution in [2.45, 2.75) is 65.4 Å². The Balaban J connectivity index is 2.72. The van der Waals surface area contributed by atoms with Crippen molar-refractivity contribution >= 4 is 5.97 Å². The second-order valence-corrected chi connectivity index (χ2v) is 5.73. The van der Waals surface area contributed by atoms with Crippen LogP contribution in [0.3, 0.4) is 0 Å². The van der Waals surface area contributed by atoms with Crippen molar-refractivity contribution < 1.29 is 9.53 Å². The van der Waals surface area contributed by atoms with Gasteiger partial charge in [0.05, 0.1) is 17.4 Å². The minimum atomic E-state index is -0.424. The molecule has 17 heavy (non-hydrogen) atoms. The molecular formula is C14H23NO2. The SMILES string of the molecule is CCC1(OC(=O)C(C)(C)CC)CCC(C#N)C1. The second kappa shape index (κ2) is 5.08. The molecule has 0 aliphatic heterocycles. The van der Waals surface area contributed by atoms with Gasteiger partial charge in [0.25, 0.3) is 0 Å². The van der Waals surface area contributed by atoms with E-state index in [1.54, 1.807) is 0 Å². The fourth-order valence-electron chi connectivity index (χ4n) is 2.17. The molecule has 0 aromatic heterocycles. The Bertz CT molecular complexity index is 330. The maximum Gasteiger partial charge on any atom is 0.312 e. The van der Waals surface area contributed by atoms with Crippen LogP contribution in [0.4, 0.5) is 0 Å². The first kappa shape index (κ1) is 14.0. The van der Waals surface area contributed by atoms with E-state index in [0.717, 1.165) is 25.7 Å². The molecule has 2 unspecified atom stereocenters. The summed E-state index contributed by atoms with van der Waals surface area (Å²) in [5, 5.41) is 8.94. The van der Waals surface area contributed by atoms with Crippen molar-refractivity contribution in [1.82, 2.24) is 0 Å². The second-order valence-electron chi connectivity index (χ2n) is 5.73. The molecule has 1 aliphatic carbocycles. The first-order chi connectivity index (χ1) is 7.89. The summed E-state index contributed by atoms with van der Waals surface area (Å²) in [6, 6.07) is 2.29. The third-order valence-corrected chi connectivity index (χ3v) is 4.14. The first-order valence-corrected chi connectivity index (χ1v) is 6.52. The monoisotopic (exact) mass is 237 g/mol. The number of ether oxygens (including phenoxy) is 1. The van der Waals surface area contributed by atoms with Gasteiger partial charge in [0.15, 0.2) is 0 Å². The van der Waals surface area contributed by atoms with E-state index in [1.165, 1.54) is 0 Å². The fraction of sp³-hybridized carbons (Fsp3) is 0.857. The van der Waals surface area contributed by atoms with Crippen LogP contribution in [0.25, 0.3) is 0 Å². The predicted octanol–water partition coefficient (Wildman–Crippen LogP) is 3.44. The molecule has 0 aromatic rings. The van der Waals surface area contributed by atoms with Crippen molar-refractivity contribution in [1.29, 1.82) is 5.26 Å². The zero-order chi connectivity index (χ0) is 13.1. The highest BCUT2D eigenvalue weighted by atomic mass is 16.6. The van der Waals surface area contributed by atoms with Gasteiger partial charge in [0.1, 0.15) is 5.60 Å². The molecule has 0 bridgehead atoms. The lowest BCUT2D eigenvalue weighted by Crippen LogP contribution is -2.37. The lowest BCUT2D eigenvalue weighted by molar-refractivity contribution is -0.171. The van der Waals surface area contributed by atoms with Gasteiger partial charge in [-0.3, -0.25) is 4.79 Å². The van der Waals surface area contributed by atoms with E-state index in [0.29, 0.717) is 6.42 Å². The number of nitriles is 1. The molecule has 3 nitrogen and oxygen atoms in total. The van der Waals surface area contributed by atoms with Crippen molar-refractivity contribution in [3.05, 3.63) is 0 Å². The maximum absolute atomic E-state index is 12.1. The van der Waals surface area contributed by atoms with E-state index in [4.69, 9.17) is 10.00 Å². The molecular weight excluding hydrogens is 214 g/mol. The molecule has 0 spiro atoms. The molecule has 0 radical (unpaired) electrons. The lowest BCUT2D eigenvalue weighted by Gasteiger charge is -2.32. The maximum atomic E-state index is 12.1. The van der Waals surface area contributed by atoms with Gasteiger partial charge in [0.2, 0.25) is 0 Å². The van der Waals surface area contributed by atoms with Gasteiger partial charge >= 0.3 is 5.97 Å². The summed E-state index contributed by atoms with van der Waals surface area (Å²) in [7, 11) is 0.